The number of benzene rings is 1. The number of rotatable bonds is 2. The van der Waals surface area contributed by atoms with E-state index in [-0.39, 0.29) is 0 Å². The fraction of sp³-hybridized carbons (Fsp3) is 0.412. The van der Waals surface area contributed by atoms with Gasteiger partial charge in [-0.15, -0.1) is 0 Å². The maximum Gasteiger partial charge on any atom is 0.329 e. The Morgan fingerprint density at radius 1 is 1.24 bits per heavy atom. The van der Waals surface area contributed by atoms with Crippen molar-refractivity contribution in [1.82, 2.24) is 5.32 Å². The third-order valence-corrected chi connectivity index (χ3v) is 3.98. The van der Waals surface area contributed by atoms with Gasteiger partial charge in [-0.05, 0) is 43.7 Å². The fourth-order valence-corrected chi connectivity index (χ4v) is 2.55. The molecule has 0 radical (unpaired) electrons. The smallest absolute Gasteiger partial charge is 0.329 e. The first-order valence-electron chi connectivity index (χ1n) is 7.14. The number of hydrogen-bond donors (Lipinski definition) is 2. The lowest BCUT2D eigenvalue weighted by atomic mass is 9.77. The molecule has 0 unspecified atom stereocenters. The number of amides is 1. The summed E-state index contributed by atoms with van der Waals surface area (Å²) in [6.45, 7) is 2.10. The Balaban J connectivity index is 2.06. The highest BCUT2D eigenvalue weighted by molar-refractivity contribution is 5.97. The summed E-state index contributed by atoms with van der Waals surface area (Å²) in [5, 5.41) is 12.1. The van der Waals surface area contributed by atoms with E-state index >= 15 is 0 Å². The second-order valence-electron chi connectivity index (χ2n) is 5.64. The van der Waals surface area contributed by atoms with E-state index in [1.807, 2.05) is 18.2 Å². The molecule has 0 spiro atoms. The van der Waals surface area contributed by atoms with E-state index in [1.54, 1.807) is 12.1 Å². The number of aliphatic carboxylic acids is 1. The number of carboxylic acids is 1. The van der Waals surface area contributed by atoms with E-state index in [0.29, 0.717) is 18.8 Å². The molecule has 0 aliphatic heterocycles. The second kappa shape index (κ2) is 6.45. The first-order valence-corrected chi connectivity index (χ1v) is 7.14. The van der Waals surface area contributed by atoms with Crippen LogP contribution in [0.2, 0.25) is 0 Å². The van der Waals surface area contributed by atoms with Crippen LogP contribution in [0.5, 0.6) is 0 Å². The van der Waals surface area contributed by atoms with Gasteiger partial charge in [-0.2, -0.15) is 0 Å². The molecule has 1 fully saturated rings. The van der Waals surface area contributed by atoms with Gasteiger partial charge in [0.2, 0.25) is 0 Å². The summed E-state index contributed by atoms with van der Waals surface area (Å²) in [6, 6.07) is 9.14. The van der Waals surface area contributed by atoms with Gasteiger partial charge < -0.3 is 10.4 Å². The maximum absolute atomic E-state index is 11.9. The van der Waals surface area contributed by atoms with Crippen LogP contribution >= 0.6 is 0 Å². The molecule has 1 aromatic carbocycles. The minimum Gasteiger partial charge on any atom is -0.480 e. The summed E-state index contributed by atoms with van der Waals surface area (Å²) in [7, 11) is 0. The van der Waals surface area contributed by atoms with Crippen LogP contribution in [0.4, 0.5) is 0 Å². The minimum absolute atomic E-state index is 0.461. The van der Waals surface area contributed by atoms with Gasteiger partial charge in [-0.1, -0.05) is 31.0 Å². The quantitative estimate of drug-likeness (QED) is 0.819. The zero-order chi connectivity index (χ0) is 15.3. The third-order valence-electron chi connectivity index (χ3n) is 3.98. The lowest BCUT2D eigenvalue weighted by molar-refractivity contribution is -0.148. The highest BCUT2D eigenvalue weighted by Gasteiger charge is 2.42. The van der Waals surface area contributed by atoms with Crippen LogP contribution in [0.15, 0.2) is 30.3 Å². The molecular weight excluding hydrogens is 266 g/mol. The maximum atomic E-state index is 11.9. The predicted molar refractivity (Wildman–Crippen MR) is 79.5 cm³/mol. The summed E-state index contributed by atoms with van der Waals surface area (Å²) in [5.74, 6) is 4.22. The van der Waals surface area contributed by atoms with E-state index in [1.165, 1.54) is 0 Å². The van der Waals surface area contributed by atoms with Gasteiger partial charge in [0.25, 0.3) is 5.91 Å². The molecule has 4 heteroatoms. The molecule has 1 aliphatic rings. The van der Waals surface area contributed by atoms with Crippen LogP contribution in [-0.2, 0) is 9.59 Å². The van der Waals surface area contributed by atoms with E-state index in [2.05, 4.69) is 24.1 Å². The molecule has 0 aromatic heterocycles. The Morgan fingerprint density at radius 3 is 2.43 bits per heavy atom. The standard InChI is InChI=1S/C17H19NO3/c1-13-9-11-17(12-10-13,16(20)21)18-15(19)8-7-14-5-3-2-4-6-14/h2-6,13H,9-12H2,1H3,(H,18,19)(H,20,21). The molecule has 0 saturated heterocycles. The van der Waals surface area contributed by atoms with Crippen molar-refractivity contribution < 1.29 is 14.7 Å². The first-order chi connectivity index (χ1) is 10.0. The van der Waals surface area contributed by atoms with Gasteiger partial charge in [0.05, 0.1) is 0 Å². The third kappa shape index (κ3) is 3.85. The van der Waals surface area contributed by atoms with Crippen LogP contribution in [0.3, 0.4) is 0 Å². The van der Waals surface area contributed by atoms with E-state index in [4.69, 9.17) is 0 Å². The van der Waals surface area contributed by atoms with Gasteiger partial charge in [-0.3, -0.25) is 4.79 Å². The molecule has 1 saturated carbocycles. The molecule has 0 bridgehead atoms. The van der Waals surface area contributed by atoms with Crippen molar-refractivity contribution in [2.75, 3.05) is 0 Å². The number of nitrogens with one attached hydrogen (secondary N) is 1. The fourth-order valence-electron chi connectivity index (χ4n) is 2.55. The predicted octanol–water partition coefficient (Wildman–Crippen LogP) is 2.19. The van der Waals surface area contributed by atoms with Gasteiger partial charge in [0.15, 0.2) is 0 Å². The molecule has 2 rings (SSSR count). The summed E-state index contributed by atoms with van der Waals surface area (Å²) < 4.78 is 0. The molecule has 1 aliphatic carbocycles. The zero-order valence-corrected chi connectivity index (χ0v) is 12.1. The summed E-state index contributed by atoms with van der Waals surface area (Å²) in [4.78, 5) is 23.5. The van der Waals surface area contributed by atoms with Crippen LogP contribution in [0.25, 0.3) is 0 Å². The van der Waals surface area contributed by atoms with E-state index < -0.39 is 17.4 Å². The Kier molecular flexibility index (Phi) is 4.64. The van der Waals surface area contributed by atoms with Crippen LogP contribution < -0.4 is 5.32 Å². The van der Waals surface area contributed by atoms with Crippen molar-refractivity contribution in [3.8, 4) is 11.8 Å². The van der Waals surface area contributed by atoms with Crippen molar-refractivity contribution in [3.05, 3.63) is 35.9 Å². The second-order valence-corrected chi connectivity index (χ2v) is 5.64. The monoisotopic (exact) mass is 285 g/mol. The Labute approximate surface area is 124 Å². The minimum atomic E-state index is -1.16. The topological polar surface area (TPSA) is 66.4 Å². The van der Waals surface area contributed by atoms with Gasteiger partial charge >= 0.3 is 5.97 Å². The Bertz CT molecular complexity index is 575. The van der Waals surface area contributed by atoms with Crippen molar-refractivity contribution in [2.45, 2.75) is 38.1 Å². The van der Waals surface area contributed by atoms with E-state index in [9.17, 15) is 14.7 Å². The van der Waals surface area contributed by atoms with Crippen molar-refractivity contribution in [3.63, 3.8) is 0 Å². The normalized spacial score (nSPS) is 24.5. The van der Waals surface area contributed by atoms with Gasteiger partial charge in [0, 0.05) is 11.5 Å². The van der Waals surface area contributed by atoms with Crippen molar-refractivity contribution in [1.29, 1.82) is 0 Å². The van der Waals surface area contributed by atoms with Crippen LogP contribution in [-0.4, -0.2) is 22.5 Å². The Hall–Kier alpha value is -2.28. The molecule has 0 atom stereocenters. The highest BCUT2D eigenvalue weighted by atomic mass is 16.4. The van der Waals surface area contributed by atoms with Gasteiger partial charge in [0.1, 0.15) is 5.54 Å². The largest absolute Gasteiger partial charge is 0.480 e. The van der Waals surface area contributed by atoms with E-state index in [0.717, 1.165) is 18.4 Å². The molecule has 110 valence electrons. The molecule has 1 aromatic rings. The number of carbonyl (C=O) groups excluding carboxylic acids is 1. The zero-order valence-electron chi connectivity index (χ0n) is 12.1. The van der Waals surface area contributed by atoms with Crippen molar-refractivity contribution in [2.24, 2.45) is 5.92 Å². The average Bonchev–Trinajstić information content (AvgIpc) is 2.48. The lowest BCUT2D eigenvalue weighted by Crippen LogP contribution is -2.56. The number of carbonyl (C=O) groups is 2. The number of hydrogen-bond acceptors (Lipinski definition) is 2. The van der Waals surface area contributed by atoms with Crippen LogP contribution in [0, 0.1) is 17.8 Å². The summed E-state index contributed by atoms with van der Waals surface area (Å²) in [6.07, 6.45) is 2.53. The first kappa shape index (κ1) is 15.1. The molecule has 21 heavy (non-hydrogen) atoms. The summed E-state index contributed by atoms with van der Waals surface area (Å²) >= 11 is 0. The van der Waals surface area contributed by atoms with Crippen LogP contribution in [0.1, 0.15) is 38.2 Å². The van der Waals surface area contributed by atoms with Gasteiger partial charge in [-0.25, -0.2) is 4.79 Å². The number of carboxylic acid groups (broad SMARTS) is 1. The molecular formula is C17H19NO3. The summed E-state index contributed by atoms with van der Waals surface area (Å²) in [5.41, 5.74) is -0.427. The highest BCUT2D eigenvalue weighted by Crippen LogP contribution is 2.32. The van der Waals surface area contributed by atoms with Crippen molar-refractivity contribution >= 4 is 11.9 Å². The lowest BCUT2D eigenvalue weighted by Gasteiger charge is -2.35. The molecule has 0 heterocycles. The SMILES string of the molecule is CC1CCC(NC(=O)C#Cc2ccccc2)(C(=O)O)CC1. The Morgan fingerprint density at radius 2 is 1.86 bits per heavy atom. The average molecular weight is 285 g/mol. The molecule has 2 N–H and O–H groups in total. The molecule has 1 amide bonds. The molecule has 4 nitrogen and oxygen atoms in total.